The first kappa shape index (κ1) is 29.0. The number of hydrogen-bond acceptors (Lipinski definition) is 3. The maximum Gasteiger partial charge on any atom is 0.161 e. The van der Waals surface area contributed by atoms with E-state index in [0.29, 0.717) is 11.5 Å². The van der Waals surface area contributed by atoms with Gasteiger partial charge in [0, 0.05) is 0 Å². The van der Waals surface area contributed by atoms with E-state index in [9.17, 15) is 4.21 Å². The molecule has 0 fully saturated rings. The lowest BCUT2D eigenvalue weighted by atomic mass is 9.94. The minimum absolute atomic E-state index is 0.381. The molecule has 5 rings (SSSR count). The summed E-state index contributed by atoms with van der Waals surface area (Å²) >= 11 is 0. The van der Waals surface area contributed by atoms with E-state index >= 15 is 0 Å². The standard InChI is InChI=1S/C35H36NO3PS/c1-35(2,3)41(37)36-34(29-22-14-16-25-15-12-13-21-28(25)29)30-23-31(38-4)32(39-5)24-33(30)40(26-17-8-6-9-18-26)27-19-10-7-11-20-27/h6-24,34,36H,1-5H3/t34-,41?/m0/s1. The van der Waals surface area contributed by atoms with Crippen LogP contribution in [0.15, 0.2) is 115 Å². The highest BCUT2D eigenvalue weighted by atomic mass is 32.2. The van der Waals surface area contributed by atoms with Crippen LogP contribution in [-0.4, -0.2) is 23.2 Å². The molecule has 2 atom stereocenters. The van der Waals surface area contributed by atoms with Gasteiger partial charge in [0.1, 0.15) is 0 Å². The minimum atomic E-state index is -1.35. The van der Waals surface area contributed by atoms with Crippen molar-refractivity contribution in [3.8, 4) is 11.5 Å². The Morgan fingerprint density at radius 1 is 0.683 bits per heavy atom. The molecular weight excluding hydrogens is 545 g/mol. The van der Waals surface area contributed by atoms with Crippen molar-refractivity contribution in [1.29, 1.82) is 0 Å². The van der Waals surface area contributed by atoms with Crippen LogP contribution in [0.4, 0.5) is 0 Å². The molecular formula is C35H36NO3PS. The number of benzene rings is 5. The van der Waals surface area contributed by atoms with E-state index in [4.69, 9.17) is 9.47 Å². The Balaban J connectivity index is 1.85. The molecule has 0 aromatic heterocycles. The summed E-state index contributed by atoms with van der Waals surface area (Å²) in [6, 6.07) is 39.7. The number of fused-ring (bicyclic) bond motifs is 1. The first-order chi connectivity index (χ1) is 19.8. The summed E-state index contributed by atoms with van der Waals surface area (Å²) < 4.78 is 28.6. The Hall–Kier alpha value is -3.50. The van der Waals surface area contributed by atoms with E-state index in [0.717, 1.165) is 27.2 Å². The lowest BCUT2D eigenvalue weighted by molar-refractivity contribution is 0.354. The van der Waals surface area contributed by atoms with Gasteiger partial charge in [-0.05, 0) is 78.6 Å². The number of methoxy groups -OCH3 is 2. The van der Waals surface area contributed by atoms with Crippen molar-refractivity contribution >= 4 is 45.6 Å². The van der Waals surface area contributed by atoms with Crippen LogP contribution in [0.5, 0.6) is 11.5 Å². The summed E-state index contributed by atoms with van der Waals surface area (Å²) in [5.41, 5.74) is 2.07. The summed E-state index contributed by atoms with van der Waals surface area (Å²) in [4.78, 5) is 0. The van der Waals surface area contributed by atoms with Crippen LogP contribution in [0.3, 0.4) is 0 Å². The third-order valence-electron chi connectivity index (χ3n) is 7.03. The first-order valence-electron chi connectivity index (χ1n) is 13.6. The molecule has 0 aliphatic rings. The normalized spacial score (nSPS) is 13.2. The third-order valence-corrected chi connectivity index (χ3v) is 11.1. The molecule has 0 bridgehead atoms. The molecule has 5 aromatic carbocycles. The van der Waals surface area contributed by atoms with Crippen molar-refractivity contribution in [2.75, 3.05) is 14.2 Å². The molecule has 0 heterocycles. The second-order valence-electron chi connectivity index (χ2n) is 10.8. The van der Waals surface area contributed by atoms with Gasteiger partial charge in [0.05, 0.1) is 36.0 Å². The Labute approximate surface area is 247 Å². The van der Waals surface area contributed by atoms with Crippen LogP contribution in [0.1, 0.15) is 37.9 Å². The van der Waals surface area contributed by atoms with Crippen molar-refractivity contribution < 1.29 is 13.7 Å². The van der Waals surface area contributed by atoms with E-state index in [1.807, 2.05) is 39.0 Å². The van der Waals surface area contributed by atoms with Gasteiger partial charge in [-0.2, -0.15) is 0 Å². The van der Waals surface area contributed by atoms with Crippen molar-refractivity contribution in [1.82, 2.24) is 4.72 Å². The summed E-state index contributed by atoms with van der Waals surface area (Å²) in [6.45, 7) is 5.98. The SMILES string of the molecule is COc1cc([C@@H](NS(=O)C(C)(C)C)c2cccc3ccccc23)c(P(c2ccccc2)c2ccccc2)cc1OC. The zero-order chi connectivity index (χ0) is 29.0. The topological polar surface area (TPSA) is 47.6 Å². The van der Waals surface area contributed by atoms with E-state index in [2.05, 4.69) is 102 Å². The average Bonchev–Trinajstić information content (AvgIpc) is 3.00. The van der Waals surface area contributed by atoms with Crippen molar-refractivity contribution in [2.24, 2.45) is 0 Å². The predicted molar refractivity (Wildman–Crippen MR) is 175 cm³/mol. The Kier molecular flexibility index (Phi) is 8.89. The summed E-state index contributed by atoms with van der Waals surface area (Å²) in [7, 11) is 0.977. The fourth-order valence-electron chi connectivity index (χ4n) is 4.97. The summed E-state index contributed by atoms with van der Waals surface area (Å²) in [5, 5.41) is 5.80. The maximum atomic E-state index is 13.8. The fourth-order valence-corrected chi connectivity index (χ4v) is 8.29. The van der Waals surface area contributed by atoms with Gasteiger partial charge in [-0.25, -0.2) is 8.93 Å². The van der Waals surface area contributed by atoms with Gasteiger partial charge in [0.25, 0.3) is 0 Å². The Morgan fingerprint density at radius 2 is 1.22 bits per heavy atom. The molecule has 0 spiro atoms. The predicted octanol–water partition coefficient (Wildman–Crippen LogP) is 6.76. The molecule has 41 heavy (non-hydrogen) atoms. The second kappa shape index (κ2) is 12.6. The zero-order valence-corrected chi connectivity index (χ0v) is 25.8. The van der Waals surface area contributed by atoms with Crippen LogP contribution in [0.25, 0.3) is 10.8 Å². The monoisotopic (exact) mass is 581 g/mol. The van der Waals surface area contributed by atoms with Crippen LogP contribution in [0, 0.1) is 0 Å². The molecule has 0 amide bonds. The molecule has 0 saturated carbocycles. The van der Waals surface area contributed by atoms with Crippen molar-refractivity contribution in [2.45, 2.75) is 31.6 Å². The van der Waals surface area contributed by atoms with Crippen LogP contribution in [0.2, 0.25) is 0 Å². The molecule has 210 valence electrons. The van der Waals surface area contributed by atoms with Gasteiger partial charge in [0.2, 0.25) is 0 Å². The number of ether oxygens (including phenoxy) is 2. The van der Waals surface area contributed by atoms with Crippen LogP contribution >= 0.6 is 7.92 Å². The minimum Gasteiger partial charge on any atom is -0.493 e. The van der Waals surface area contributed by atoms with E-state index in [1.165, 1.54) is 10.6 Å². The Morgan fingerprint density at radius 3 is 1.80 bits per heavy atom. The van der Waals surface area contributed by atoms with Gasteiger partial charge in [-0.1, -0.05) is 103 Å². The van der Waals surface area contributed by atoms with Gasteiger partial charge in [0.15, 0.2) is 11.5 Å². The summed E-state index contributed by atoms with van der Waals surface area (Å²) in [6.07, 6.45) is 0. The van der Waals surface area contributed by atoms with Crippen LogP contribution < -0.4 is 30.1 Å². The molecule has 6 heteroatoms. The number of nitrogens with one attached hydrogen (secondary N) is 1. The first-order valence-corrected chi connectivity index (χ1v) is 16.1. The van der Waals surface area contributed by atoms with E-state index < -0.39 is 23.7 Å². The highest BCUT2D eigenvalue weighted by molar-refractivity contribution is 7.84. The third kappa shape index (κ3) is 6.23. The smallest absolute Gasteiger partial charge is 0.161 e. The summed E-state index contributed by atoms with van der Waals surface area (Å²) in [5.74, 6) is 1.30. The Bertz CT molecular complexity index is 1610. The fraction of sp³-hybridized carbons (Fsp3) is 0.200. The molecule has 0 aliphatic carbocycles. The molecule has 0 saturated heterocycles. The maximum absolute atomic E-state index is 13.8. The quantitative estimate of drug-likeness (QED) is 0.196. The van der Waals surface area contributed by atoms with E-state index in [1.54, 1.807) is 14.2 Å². The highest BCUT2D eigenvalue weighted by Crippen LogP contribution is 2.42. The molecule has 5 aromatic rings. The lowest BCUT2D eigenvalue weighted by Gasteiger charge is -2.30. The van der Waals surface area contributed by atoms with Crippen molar-refractivity contribution in [3.05, 3.63) is 126 Å². The molecule has 0 radical (unpaired) electrons. The van der Waals surface area contributed by atoms with Gasteiger partial charge < -0.3 is 9.47 Å². The number of rotatable bonds is 9. The average molecular weight is 582 g/mol. The van der Waals surface area contributed by atoms with Gasteiger partial charge in [-0.15, -0.1) is 0 Å². The number of hydrogen-bond donors (Lipinski definition) is 1. The van der Waals surface area contributed by atoms with E-state index in [-0.39, 0.29) is 6.04 Å². The molecule has 0 aliphatic heterocycles. The van der Waals surface area contributed by atoms with Gasteiger partial charge in [-0.3, -0.25) is 0 Å². The van der Waals surface area contributed by atoms with Crippen LogP contribution in [-0.2, 0) is 11.0 Å². The molecule has 1 unspecified atom stereocenters. The largest absolute Gasteiger partial charge is 0.493 e. The van der Waals surface area contributed by atoms with Crippen molar-refractivity contribution in [3.63, 3.8) is 0 Å². The highest BCUT2D eigenvalue weighted by Gasteiger charge is 2.31. The molecule has 4 nitrogen and oxygen atoms in total. The second-order valence-corrected chi connectivity index (χ2v) is 15.0. The lowest BCUT2D eigenvalue weighted by Crippen LogP contribution is -2.38. The zero-order valence-electron chi connectivity index (χ0n) is 24.1. The molecule has 1 N–H and O–H groups in total. The van der Waals surface area contributed by atoms with Gasteiger partial charge >= 0.3 is 0 Å².